The summed E-state index contributed by atoms with van der Waals surface area (Å²) in [6.45, 7) is 1.65. The summed E-state index contributed by atoms with van der Waals surface area (Å²) in [4.78, 5) is 10.9. The van der Waals surface area contributed by atoms with Crippen LogP contribution >= 0.6 is 0 Å². The lowest BCUT2D eigenvalue weighted by Crippen LogP contribution is -2.00. The van der Waals surface area contributed by atoms with Gasteiger partial charge in [-0.05, 0) is 42.8 Å². The van der Waals surface area contributed by atoms with Crippen molar-refractivity contribution in [3.8, 4) is 0 Å². The zero-order valence-electron chi connectivity index (χ0n) is 10.1. The van der Waals surface area contributed by atoms with Crippen LogP contribution in [-0.2, 0) is 0 Å². The fraction of sp³-hybridized carbons (Fsp3) is 0.0714. The number of hydrogen-bond acceptors (Lipinski definition) is 2. The second-order valence-electron chi connectivity index (χ2n) is 4.12. The van der Waals surface area contributed by atoms with Gasteiger partial charge < -0.3 is 10.4 Å². The Bertz CT molecular complexity index is 621. The highest BCUT2D eigenvalue weighted by Crippen LogP contribution is 2.21. The van der Waals surface area contributed by atoms with Crippen LogP contribution in [0.1, 0.15) is 15.9 Å². The first-order chi connectivity index (χ1) is 8.95. The van der Waals surface area contributed by atoms with Crippen molar-refractivity contribution in [1.82, 2.24) is 0 Å². The summed E-state index contributed by atoms with van der Waals surface area (Å²) in [7, 11) is 0. The van der Waals surface area contributed by atoms with E-state index in [4.69, 9.17) is 5.11 Å². The molecule has 0 unspecified atom stereocenters. The minimum atomic E-state index is -1.01. The summed E-state index contributed by atoms with van der Waals surface area (Å²) in [5, 5.41) is 11.7. The van der Waals surface area contributed by atoms with Gasteiger partial charge in [0.1, 0.15) is 11.6 Å². The number of hydrogen-bond donors (Lipinski definition) is 2. The van der Waals surface area contributed by atoms with Gasteiger partial charge >= 0.3 is 5.97 Å². The molecule has 0 amide bonds. The summed E-state index contributed by atoms with van der Waals surface area (Å²) in [5.41, 5.74) is 1.58. The van der Waals surface area contributed by atoms with E-state index in [9.17, 15) is 13.6 Å². The van der Waals surface area contributed by atoms with Gasteiger partial charge in [0.25, 0.3) is 0 Å². The van der Waals surface area contributed by atoms with E-state index in [1.165, 1.54) is 6.07 Å². The van der Waals surface area contributed by atoms with Crippen LogP contribution < -0.4 is 5.32 Å². The highest BCUT2D eigenvalue weighted by Gasteiger charge is 2.07. The molecule has 2 aromatic carbocycles. The Kier molecular flexibility index (Phi) is 3.46. The minimum absolute atomic E-state index is 0.191. The summed E-state index contributed by atoms with van der Waals surface area (Å²) in [6.07, 6.45) is 0. The Hall–Kier alpha value is -2.43. The van der Waals surface area contributed by atoms with Gasteiger partial charge in [-0.2, -0.15) is 0 Å². The fourth-order valence-electron chi connectivity index (χ4n) is 1.77. The molecule has 0 heterocycles. The molecule has 3 nitrogen and oxygen atoms in total. The van der Waals surface area contributed by atoms with Crippen molar-refractivity contribution in [3.05, 3.63) is 59.2 Å². The monoisotopic (exact) mass is 263 g/mol. The van der Waals surface area contributed by atoms with Crippen LogP contribution in [0.5, 0.6) is 0 Å². The molecule has 0 aliphatic heterocycles. The Morgan fingerprint density at radius 2 is 1.68 bits per heavy atom. The van der Waals surface area contributed by atoms with Gasteiger partial charge in [0, 0.05) is 17.4 Å². The zero-order valence-corrected chi connectivity index (χ0v) is 10.1. The van der Waals surface area contributed by atoms with Gasteiger partial charge in [-0.1, -0.05) is 0 Å². The highest BCUT2D eigenvalue weighted by molar-refractivity contribution is 5.90. The molecule has 0 atom stereocenters. The van der Waals surface area contributed by atoms with E-state index < -0.39 is 17.6 Å². The molecule has 2 N–H and O–H groups in total. The average molecular weight is 263 g/mol. The fourth-order valence-corrected chi connectivity index (χ4v) is 1.77. The number of benzene rings is 2. The Morgan fingerprint density at radius 3 is 2.21 bits per heavy atom. The number of aryl methyl sites for hydroxylation is 1. The molecule has 0 aliphatic carbocycles. The summed E-state index contributed by atoms with van der Waals surface area (Å²) >= 11 is 0. The smallest absolute Gasteiger partial charge is 0.335 e. The summed E-state index contributed by atoms with van der Waals surface area (Å²) in [5.74, 6) is -2.37. The maximum atomic E-state index is 13.0. The van der Waals surface area contributed by atoms with Gasteiger partial charge in [-0.3, -0.25) is 0 Å². The van der Waals surface area contributed by atoms with Crippen molar-refractivity contribution in [2.75, 3.05) is 5.32 Å². The van der Waals surface area contributed by atoms with Gasteiger partial charge in [-0.15, -0.1) is 0 Å². The predicted octanol–water partition coefficient (Wildman–Crippen LogP) is 3.72. The number of rotatable bonds is 3. The Morgan fingerprint density at radius 1 is 1.05 bits per heavy atom. The first kappa shape index (κ1) is 13.0. The van der Waals surface area contributed by atoms with Crippen molar-refractivity contribution in [3.63, 3.8) is 0 Å². The van der Waals surface area contributed by atoms with Crippen LogP contribution in [0.25, 0.3) is 0 Å². The Labute approximate surface area is 108 Å². The second-order valence-corrected chi connectivity index (χ2v) is 4.12. The number of nitrogens with one attached hydrogen (secondary N) is 1. The van der Waals surface area contributed by atoms with Crippen molar-refractivity contribution in [1.29, 1.82) is 0 Å². The standard InChI is InChI=1S/C14H11F2NO2/c1-8-4-11(2-3-13(8)14(18)19)17-12-6-9(15)5-10(16)7-12/h2-7,17H,1H3,(H,18,19). The van der Waals surface area contributed by atoms with E-state index in [0.717, 1.165) is 18.2 Å². The molecule has 2 rings (SSSR count). The maximum Gasteiger partial charge on any atom is 0.335 e. The third kappa shape index (κ3) is 3.07. The molecule has 0 saturated carbocycles. The quantitative estimate of drug-likeness (QED) is 0.887. The van der Waals surface area contributed by atoms with Gasteiger partial charge in [-0.25, -0.2) is 13.6 Å². The van der Waals surface area contributed by atoms with Gasteiger partial charge in [0.05, 0.1) is 5.56 Å². The van der Waals surface area contributed by atoms with E-state index in [2.05, 4.69) is 5.32 Å². The molecule has 0 saturated heterocycles. The van der Waals surface area contributed by atoms with Crippen LogP contribution in [0.4, 0.5) is 20.2 Å². The van der Waals surface area contributed by atoms with Gasteiger partial charge in [0.15, 0.2) is 0 Å². The first-order valence-electron chi connectivity index (χ1n) is 5.53. The van der Waals surface area contributed by atoms with E-state index >= 15 is 0 Å². The summed E-state index contributed by atoms with van der Waals surface area (Å²) < 4.78 is 26.0. The molecule has 0 fully saturated rings. The van der Waals surface area contributed by atoms with Crippen LogP contribution in [0.3, 0.4) is 0 Å². The van der Waals surface area contributed by atoms with Crippen LogP contribution in [-0.4, -0.2) is 11.1 Å². The average Bonchev–Trinajstić information content (AvgIpc) is 2.26. The third-order valence-corrected chi connectivity index (χ3v) is 2.61. The van der Waals surface area contributed by atoms with Gasteiger partial charge in [0.2, 0.25) is 0 Å². The zero-order chi connectivity index (χ0) is 14.0. The largest absolute Gasteiger partial charge is 0.478 e. The lowest BCUT2D eigenvalue weighted by molar-refractivity contribution is 0.0696. The Balaban J connectivity index is 2.28. The van der Waals surface area contributed by atoms with Crippen LogP contribution in [0.15, 0.2) is 36.4 Å². The minimum Gasteiger partial charge on any atom is -0.478 e. The topological polar surface area (TPSA) is 49.3 Å². The highest BCUT2D eigenvalue weighted by atomic mass is 19.1. The lowest BCUT2D eigenvalue weighted by atomic mass is 10.1. The molecule has 0 aliphatic rings. The first-order valence-corrected chi connectivity index (χ1v) is 5.53. The van der Waals surface area contributed by atoms with E-state index in [0.29, 0.717) is 11.3 Å². The number of carboxylic acid groups (broad SMARTS) is 1. The number of halogens is 2. The second kappa shape index (κ2) is 5.06. The SMILES string of the molecule is Cc1cc(Nc2cc(F)cc(F)c2)ccc1C(=O)O. The molecule has 5 heteroatoms. The van der Waals surface area contributed by atoms with Crippen molar-refractivity contribution in [2.24, 2.45) is 0 Å². The molecule has 2 aromatic rings. The number of anilines is 2. The maximum absolute atomic E-state index is 13.0. The van der Waals surface area contributed by atoms with E-state index in [1.807, 2.05) is 0 Å². The third-order valence-electron chi connectivity index (χ3n) is 2.61. The number of carbonyl (C=O) groups is 1. The van der Waals surface area contributed by atoms with E-state index in [-0.39, 0.29) is 11.3 Å². The summed E-state index contributed by atoms with van der Waals surface area (Å²) in [6, 6.07) is 7.68. The molecule has 19 heavy (non-hydrogen) atoms. The van der Waals surface area contributed by atoms with Crippen molar-refractivity contribution >= 4 is 17.3 Å². The van der Waals surface area contributed by atoms with E-state index in [1.54, 1.807) is 19.1 Å². The van der Waals surface area contributed by atoms with Crippen molar-refractivity contribution < 1.29 is 18.7 Å². The molecular formula is C14H11F2NO2. The molecule has 0 aromatic heterocycles. The number of aromatic carboxylic acids is 1. The van der Waals surface area contributed by atoms with Crippen LogP contribution in [0, 0.1) is 18.6 Å². The lowest BCUT2D eigenvalue weighted by Gasteiger charge is -2.09. The predicted molar refractivity (Wildman–Crippen MR) is 67.8 cm³/mol. The molecule has 0 radical (unpaired) electrons. The molecule has 0 bridgehead atoms. The van der Waals surface area contributed by atoms with Crippen LogP contribution in [0.2, 0.25) is 0 Å². The molecule has 0 spiro atoms. The normalized spacial score (nSPS) is 10.3. The molecular weight excluding hydrogens is 252 g/mol. The van der Waals surface area contributed by atoms with Crippen molar-refractivity contribution in [2.45, 2.75) is 6.92 Å². The number of carboxylic acids is 1. The molecule has 98 valence electrons.